The van der Waals surface area contributed by atoms with E-state index in [0.717, 1.165) is 5.56 Å². The van der Waals surface area contributed by atoms with Crippen molar-refractivity contribution >= 4 is 16.9 Å². The van der Waals surface area contributed by atoms with E-state index >= 15 is 0 Å². The molecule has 0 bridgehead atoms. The summed E-state index contributed by atoms with van der Waals surface area (Å²) in [5.74, 6) is -0.0128. The predicted octanol–water partition coefficient (Wildman–Crippen LogP) is 5.00. The molecule has 0 atom stereocenters. The van der Waals surface area contributed by atoms with Crippen LogP contribution in [0.2, 0.25) is 0 Å². The van der Waals surface area contributed by atoms with Crippen LogP contribution >= 0.6 is 0 Å². The molecule has 0 saturated carbocycles. The van der Waals surface area contributed by atoms with Crippen molar-refractivity contribution in [1.29, 1.82) is 0 Å². The smallest absolute Gasteiger partial charge is 0.348 e. The van der Waals surface area contributed by atoms with Gasteiger partial charge in [0.2, 0.25) is 0 Å². The van der Waals surface area contributed by atoms with Gasteiger partial charge in [-0.1, -0.05) is 54.6 Å². The Balaban J connectivity index is 1.92. The maximum atomic E-state index is 13.0. The summed E-state index contributed by atoms with van der Waals surface area (Å²) < 4.78 is 16.6. The second kappa shape index (κ2) is 7.64. The van der Waals surface area contributed by atoms with Gasteiger partial charge in [-0.3, -0.25) is 0 Å². The second-order valence-electron chi connectivity index (χ2n) is 6.50. The summed E-state index contributed by atoms with van der Waals surface area (Å²) in [5, 5.41) is 0.533. The molecule has 0 aliphatic rings. The van der Waals surface area contributed by atoms with Crippen molar-refractivity contribution in [2.45, 2.75) is 6.92 Å². The molecule has 5 heteroatoms. The highest BCUT2D eigenvalue weighted by molar-refractivity contribution is 5.99. The monoisotopic (exact) mass is 386 g/mol. The van der Waals surface area contributed by atoms with E-state index in [4.69, 9.17) is 13.9 Å². The maximum Gasteiger partial charge on any atom is 0.348 e. The molecular weight excluding hydrogens is 368 g/mol. The molecule has 0 aliphatic carbocycles. The van der Waals surface area contributed by atoms with Crippen LogP contribution in [0.3, 0.4) is 0 Å². The number of carbonyl (C=O) groups excluding carboxylic acids is 1. The van der Waals surface area contributed by atoms with Gasteiger partial charge in [0, 0.05) is 0 Å². The van der Waals surface area contributed by atoms with Gasteiger partial charge in [0.05, 0.1) is 12.5 Å². The molecule has 4 aromatic rings. The lowest BCUT2D eigenvalue weighted by Gasteiger charge is -2.14. The van der Waals surface area contributed by atoms with Crippen LogP contribution in [-0.4, -0.2) is 13.1 Å². The van der Waals surface area contributed by atoms with Gasteiger partial charge in [-0.2, -0.15) is 0 Å². The predicted molar refractivity (Wildman–Crippen MR) is 111 cm³/mol. The molecule has 5 nitrogen and oxygen atoms in total. The molecule has 144 valence electrons. The van der Waals surface area contributed by atoms with Gasteiger partial charge in [-0.15, -0.1) is 0 Å². The van der Waals surface area contributed by atoms with Crippen molar-refractivity contribution in [2.75, 3.05) is 7.11 Å². The standard InChI is InChI=1S/C24H18O5/c1-15-9-8-13-18(21(15)27-2)23(25)29-22-17-12-6-7-14-19(17)28-24(26)20(22)16-10-4-3-5-11-16/h3-14H,1-2H3. The fourth-order valence-corrected chi connectivity index (χ4v) is 3.31. The van der Waals surface area contributed by atoms with E-state index in [2.05, 4.69) is 0 Å². The van der Waals surface area contributed by atoms with Crippen LogP contribution in [0.4, 0.5) is 0 Å². The van der Waals surface area contributed by atoms with Gasteiger partial charge >= 0.3 is 11.6 Å². The number of methoxy groups -OCH3 is 1. The minimum atomic E-state index is -0.613. The zero-order valence-electron chi connectivity index (χ0n) is 16.0. The highest BCUT2D eigenvalue weighted by Crippen LogP contribution is 2.35. The Morgan fingerprint density at radius 2 is 1.59 bits per heavy atom. The van der Waals surface area contributed by atoms with Gasteiger partial charge in [0.15, 0.2) is 5.75 Å². The van der Waals surface area contributed by atoms with E-state index in [9.17, 15) is 9.59 Å². The fraction of sp³-hybridized carbons (Fsp3) is 0.0833. The van der Waals surface area contributed by atoms with Crippen LogP contribution in [0, 0.1) is 6.92 Å². The normalized spacial score (nSPS) is 10.7. The largest absolute Gasteiger partial charge is 0.496 e. The molecule has 0 unspecified atom stereocenters. The number of fused-ring (bicyclic) bond motifs is 1. The molecule has 0 fully saturated rings. The number of ether oxygens (including phenoxy) is 2. The number of aryl methyl sites for hydroxylation is 1. The Kier molecular flexibility index (Phi) is 4.87. The summed E-state index contributed by atoms with van der Waals surface area (Å²) in [6, 6.07) is 21.2. The third-order valence-corrected chi connectivity index (χ3v) is 4.66. The van der Waals surface area contributed by atoms with E-state index < -0.39 is 11.6 Å². The molecule has 29 heavy (non-hydrogen) atoms. The SMILES string of the molecule is COc1c(C)cccc1C(=O)Oc1c(-c2ccccc2)c(=O)oc2ccccc12. The Labute approximate surface area is 167 Å². The number of para-hydroxylation sites is 2. The molecular formula is C24H18O5. The first-order chi connectivity index (χ1) is 14.1. The summed E-state index contributed by atoms with van der Waals surface area (Å²) >= 11 is 0. The van der Waals surface area contributed by atoms with Crippen molar-refractivity contribution in [3.63, 3.8) is 0 Å². The summed E-state index contributed by atoms with van der Waals surface area (Å²) in [5.41, 5.74) is 1.66. The third-order valence-electron chi connectivity index (χ3n) is 4.66. The van der Waals surface area contributed by atoms with Crippen molar-refractivity contribution in [3.05, 3.63) is 94.3 Å². The molecule has 0 N–H and O–H groups in total. The molecule has 0 aliphatic heterocycles. The number of benzene rings is 3. The van der Waals surface area contributed by atoms with E-state index in [1.165, 1.54) is 7.11 Å². The molecule has 0 spiro atoms. The number of esters is 1. The van der Waals surface area contributed by atoms with Crippen molar-refractivity contribution in [1.82, 2.24) is 0 Å². The lowest BCUT2D eigenvalue weighted by Crippen LogP contribution is -2.14. The van der Waals surface area contributed by atoms with Crippen LogP contribution < -0.4 is 15.1 Å². The summed E-state index contributed by atoms with van der Waals surface area (Å²) in [6.07, 6.45) is 0. The van der Waals surface area contributed by atoms with Crippen LogP contribution in [-0.2, 0) is 0 Å². The minimum absolute atomic E-state index is 0.164. The number of carbonyl (C=O) groups is 1. The van der Waals surface area contributed by atoms with E-state index in [1.807, 2.05) is 19.1 Å². The molecule has 0 saturated heterocycles. The zero-order valence-corrected chi connectivity index (χ0v) is 16.0. The summed E-state index contributed by atoms with van der Waals surface area (Å²) in [4.78, 5) is 25.8. The Hall–Kier alpha value is -3.86. The first-order valence-corrected chi connectivity index (χ1v) is 9.07. The minimum Gasteiger partial charge on any atom is -0.496 e. The highest BCUT2D eigenvalue weighted by Gasteiger charge is 2.23. The molecule has 1 aromatic heterocycles. The third kappa shape index (κ3) is 3.38. The molecule has 4 rings (SSSR count). The molecule has 3 aromatic carbocycles. The number of hydrogen-bond donors (Lipinski definition) is 0. The summed E-state index contributed by atoms with van der Waals surface area (Å²) in [6.45, 7) is 1.84. The van der Waals surface area contributed by atoms with Crippen LogP contribution in [0.5, 0.6) is 11.5 Å². The quantitative estimate of drug-likeness (QED) is 0.365. The Morgan fingerprint density at radius 3 is 2.34 bits per heavy atom. The second-order valence-corrected chi connectivity index (χ2v) is 6.50. The number of hydrogen-bond acceptors (Lipinski definition) is 5. The topological polar surface area (TPSA) is 65.7 Å². The average Bonchev–Trinajstić information content (AvgIpc) is 2.74. The Morgan fingerprint density at radius 1 is 0.862 bits per heavy atom. The fourth-order valence-electron chi connectivity index (χ4n) is 3.31. The van der Waals surface area contributed by atoms with Crippen molar-refractivity contribution in [3.8, 4) is 22.6 Å². The lowest BCUT2D eigenvalue weighted by molar-refractivity contribution is 0.0733. The summed E-state index contributed by atoms with van der Waals surface area (Å²) in [7, 11) is 1.50. The lowest BCUT2D eigenvalue weighted by atomic mass is 10.0. The van der Waals surface area contributed by atoms with E-state index in [0.29, 0.717) is 22.3 Å². The first kappa shape index (κ1) is 18.5. The highest BCUT2D eigenvalue weighted by atomic mass is 16.5. The average molecular weight is 386 g/mol. The molecule has 1 heterocycles. The van der Waals surface area contributed by atoms with E-state index in [-0.39, 0.29) is 16.9 Å². The van der Waals surface area contributed by atoms with Gasteiger partial charge in [-0.05, 0) is 36.2 Å². The van der Waals surface area contributed by atoms with Gasteiger partial charge in [0.1, 0.15) is 22.5 Å². The van der Waals surface area contributed by atoms with Crippen LogP contribution in [0.25, 0.3) is 22.1 Å². The maximum absolute atomic E-state index is 13.0. The van der Waals surface area contributed by atoms with Crippen molar-refractivity contribution in [2.24, 2.45) is 0 Å². The van der Waals surface area contributed by atoms with Gasteiger partial charge < -0.3 is 13.9 Å². The van der Waals surface area contributed by atoms with E-state index in [1.54, 1.807) is 60.7 Å². The van der Waals surface area contributed by atoms with Crippen molar-refractivity contribution < 1.29 is 18.7 Å². The first-order valence-electron chi connectivity index (χ1n) is 9.07. The molecule has 0 amide bonds. The van der Waals surface area contributed by atoms with Crippen LogP contribution in [0.1, 0.15) is 15.9 Å². The molecule has 0 radical (unpaired) electrons. The Bertz CT molecular complexity index is 1260. The zero-order chi connectivity index (χ0) is 20.4. The van der Waals surface area contributed by atoms with Crippen LogP contribution in [0.15, 0.2) is 82.0 Å². The van der Waals surface area contributed by atoms with Gasteiger partial charge in [-0.25, -0.2) is 9.59 Å². The number of rotatable bonds is 4. The van der Waals surface area contributed by atoms with Gasteiger partial charge in [0.25, 0.3) is 0 Å².